The van der Waals surface area contributed by atoms with Crippen molar-refractivity contribution in [1.29, 1.82) is 0 Å². The van der Waals surface area contributed by atoms with E-state index >= 15 is 0 Å². The molecule has 0 saturated carbocycles. The van der Waals surface area contributed by atoms with E-state index in [0.717, 1.165) is 22.0 Å². The van der Waals surface area contributed by atoms with Gasteiger partial charge in [0.1, 0.15) is 5.03 Å². The van der Waals surface area contributed by atoms with Gasteiger partial charge in [-0.2, -0.15) is 5.10 Å². The molecule has 0 amide bonds. The summed E-state index contributed by atoms with van der Waals surface area (Å²) in [6.45, 7) is 6.70. The van der Waals surface area contributed by atoms with Gasteiger partial charge in [-0.25, -0.2) is 4.68 Å². The molecule has 0 spiro atoms. The van der Waals surface area contributed by atoms with Crippen molar-refractivity contribution in [1.82, 2.24) is 9.78 Å². The Bertz CT molecular complexity index is 781. The summed E-state index contributed by atoms with van der Waals surface area (Å²) in [7, 11) is 0. The minimum absolute atomic E-state index is 0.167. The summed E-state index contributed by atoms with van der Waals surface area (Å²) in [6, 6.07) is 21.2. The van der Waals surface area contributed by atoms with Crippen molar-refractivity contribution < 1.29 is 0 Å². The van der Waals surface area contributed by atoms with Gasteiger partial charge in [0, 0.05) is 5.56 Å². The van der Waals surface area contributed by atoms with Gasteiger partial charge in [0.15, 0.2) is 0 Å². The van der Waals surface area contributed by atoms with Gasteiger partial charge >= 0.3 is 0 Å². The van der Waals surface area contributed by atoms with Crippen LogP contribution in [0.2, 0.25) is 0 Å². The first-order chi connectivity index (χ1) is 11.0. The number of aromatic nitrogens is 2. The quantitative estimate of drug-likeness (QED) is 0.588. The molecule has 0 N–H and O–H groups in total. The number of rotatable bonds is 3. The maximum absolute atomic E-state index is 4.81. The van der Waals surface area contributed by atoms with E-state index < -0.39 is 0 Å². The topological polar surface area (TPSA) is 17.8 Å². The molecule has 0 saturated heterocycles. The number of hydrogen-bond acceptors (Lipinski definition) is 2. The molecule has 0 radical (unpaired) electrons. The highest BCUT2D eigenvalue weighted by Gasteiger charge is 2.15. The van der Waals surface area contributed by atoms with E-state index in [1.807, 2.05) is 22.9 Å². The van der Waals surface area contributed by atoms with Crippen LogP contribution in [-0.4, -0.2) is 16.0 Å². The molecule has 3 rings (SSSR count). The minimum atomic E-state index is 0.167. The van der Waals surface area contributed by atoms with Gasteiger partial charge in [0.25, 0.3) is 0 Å². The molecule has 0 aliphatic heterocycles. The highest BCUT2D eigenvalue weighted by molar-refractivity contribution is 7.98. The first-order valence-electron chi connectivity index (χ1n) is 7.79. The molecule has 0 aliphatic rings. The fourth-order valence-electron chi connectivity index (χ4n) is 2.55. The zero-order valence-electron chi connectivity index (χ0n) is 14.1. The van der Waals surface area contributed by atoms with Crippen molar-refractivity contribution in [3.05, 3.63) is 66.2 Å². The first-order valence-corrected chi connectivity index (χ1v) is 9.02. The van der Waals surface area contributed by atoms with Crippen LogP contribution in [0.4, 0.5) is 0 Å². The molecule has 0 bridgehead atoms. The van der Waals surface area contributed by atoms with E-state index in [1.165, 1.54) is 5.56 Å². The van der Waals surface area contributed by atoms with Crippen LogP contribution in [0.5, 0.6) is 0 Å². The fraction of sp³-hybridized carbons (Fsp3) is 0.250. The molecule has 0 aliphatic carbocycles. The molecule has 2 aromatic carbocycles. The van der Waals surface area contributed by atoms with Gasteiger partial charge in [0.2, 0.25) is 0 Å². The van der Waals surface area contributed by atoms with Crippen LogP contribution >= 0.6 is 11.8 Å². The van der Waals surface area contributed by atoms with Crippen LogP contribution in [0.1, 0.15) is 26.3 Å². The van der Waals surface area contributed by atoms with E-state index in [0.29, 0.717) is 0 Å². The van der Waals surface area contributed by atoms with Crippen LogP contribution < -0.4 is 0 Å². The number of thioether (sulfide) groups is 1. The van der Waals surface area contributed by atoms with Crippen molar-refractivity contribution in [2.45, 2.75) is 31.2 Å². The lowest BCUT2D eigenvalue weighted by Crippen LogP contribution is -2.11. The standard InChI is InChI=1S/C20H22N2S/c1-20(2,3)16-10-12-17(13-11-16)22-19(23-4)14-18(21-22)15-8-6-5-7-9-15/h5-14H,1-4H3. The van der Waals surface area contributed by atoms with Crippen LogP contribution in [0.3, 0.4) is 0 Å². The maximum atomic E-state index is 4.81. The van der Waals surface area contributed by atoms with E-state index in [4.69, 9.17) is 5.10 Å². The second kappa shape index (κ2) is 6.25. The predicted octanol–water partition coefficient (Wildman–Crippen LogP) is 5.56. The molecule has 1 aromatic heterocycles. The molecule has 2 nitrogen and oxygen atoms in total. The van der Waals surface area contributed by atoms with E-state index in [1.54, 1.807) is 11.8 Å². The monoisotopic (exact) mass is 322 g/mol. The Kier molecular flexibility index (Phi) is 4.31. The Balaban J connectivity index is 2.01. The summed E-state index contributed by atoms with van der Waals surface area (Å²) in [6.07, 6.45) is 2.09. The van der Waals surface area contributed by atoms with Crippen molar-refractivity contribution in [3.63, 3.8) is 0 Å². The largest absolute Gasteiger partial charge is 0.227 e. The molecule has 3 aromatic rings. The average molecular weight is 322 g/mol. The summed E-state index contributed by atoms with van der Waals surface area (Å²) < 4.78 is 2.03. The van der Waals surface area contributed by atoms with Crippen molar-refractivity contribution in [2.24, 2.45) is 0 Å². The second-order valence-corrected chi connectivity index (χ2v) is 7.47. The summed E-state index contributed by atoms with van der Waals surface area (Å²) in [4.78, 5) is 0. The second-order valence-electron chi connectivity index (χ2n) is 6.65. The fourth-order valence-corrected chi connectivity index (χ4v) is 3.10. The van der Waals surface area contributed by atoms with Crippen LogP contribution in [0, 0.1) is 0 Å². The number of benzene rings is 2. The third kappa shape index (κ3) is 3.35. The van der Waals surface area contributed by atoms with E-state index in [2.05, 4.69) is 69.5 Å². The predicted molar refractivity (Wildman–Crippen MR) is 99.5 cm³/mol. The molecule has 3 heteroatoms. The van der Waals surface area contributed by atoms with E-state index in [-0.39, 0.29) is 5.41 Å². The van der Waals surface area contributed by atoms with Crippen molar-refractivity contribution >= 4 is 11.8 Å². The average Bonchev–Trinajstić information content (AvgIpc) is 2.99. The smallest absolute Gasteiger partial charge is 0.100 e. The highest BCUT2D eigenvalue weighted by Crippen LogP contribution is 2.28. The van der Waals surface area contributed by atoms with Crippen LogP contribution in [0.15, 0.2) is 65.7 Å². The summed E-state index contributed by atoms with van der Waals surface area (Å²) >= 11 is 1.72. The molecular formula is C20H22N2S. The Morgan fingerprint density at radius 1 is 0.913 bits per heavy atom. The van der Waals surface area contributed by atoms with Gasteiger partial charge in [-0.1, -0.05) is 63.2 Å². The molecule has 23 heavy (non-hydrogen) atoms. The molecule has 1 heterocycles. The molecule has 0 fully saturated rings. The molecule has 0 unspecified atom stereocenters. The Morgan fingerprint density at radius 3 is 2.13 bits per heavy atom. The lowest BCUT2D eigenvalue weighted by atomic mass is 9.87. The lowest BCUT2D eigenvalue weighted by Gasteiger charge is -2.19. The Hall–Kier alpha value is -2.00. The zero-order chi connectivity index (χ0) is 16.4. The third-order valence-electron chi connectivity index (χ3n) is 3.93. The molecular weight excluding hydrogens is 300 g/mol. The third-order valence-corrected chi connectivity index (χ3v) is 4.64. The molecule has 118 valence electrons. The normalized spacial score (nSPS) is 11.7. The van der Waals surface area contributed by atoms with Gasteiger partial charge < -0.3 is 0 Å². The van der Waals surface area contributed by atoms with Gasteiger partial charge in [-0.05, 0) is 35.4 Å². The minimum Gasteiger partial charge on any atom is -0.227 e. The number of hydrogen-bond donors (Lipinski definition) is 0. The SMILES string of the molecule is CSc1cc(-c2ccccc2)nn1-c1ccc(C(C)(C)C)cc1. The first kappa shape index (κ1) is 15.9. The Morgan fingerprint density at radius 2 is 1.57 bits per heavy atom. The zero-order valence-corrected chi connectivity index (χ0v) is 14.9. The van der Waals surface area contributed by atoms with Crippen LogP contribution in [0.25, 0.3) is 16.9 Å². The summed E-state index contributed by atoms with van der Waals surface area (Å²) in [5.41, 5.74) is 4.76. The lowest BCUT2D eigenvalue weighted by molar-refractivity contribution is 0.590. The van der Waals surface area contributed by atoms with Crippen molar-refractivity contribution in [2.75, 3.05) is 6.26 Å². The maximum Gasteiger partial charge on any atom is 0.100 e. The van der Waals surface area contributed by atoms with E-state index in [9.17, 15) is 0 Å². The highest BCUT2D eigenvalue weighted by atomic mass is 32.2. The van der Waals surface area contributed by atoms with Crippen LogP contribution in [-0.2, 0) is 5.41 Å². The van der Waals surface area contributed by atoms with Gasteiger partial charge in [0.05, 0.1) is 11.4 Å². The number of nitrogens with zero attached hydrogens (tertiary/aromatic N) is 2. The Labute approximate surface area is 142 Å². The van der Waals surface area contributed by atoms with Gasteiger partial charge in [-0.3, -0.25) is 0 Å². The van der Waals surface area contributed by atoms with Crippen molar-refractivity contribution in [3.8, 4) is 16.9 Å². The summed E-state index contributed by atoms with van der Waals surface area (Å²) in [5.74, 6) is 0. The van der Waals surface area contributed by atoms with Gasteiger partial charge in [-0.15, -0.1) is 11.8 Å². The molecule has 0 atom stereocenters. The summed E-state index contributed by atoms with van der Waals surface area (Å²) in [5, 5.41) is 5.95.